The van der Waals surface area contributed by atoms with Crippen LogP contribution in [0.15, 0.2) is 22.9 Å². The molecule has 1 atom stereocenters. The Labute approximate surface area is 132 Å². The maximum absolute atomic E-state index is 6.16. The van der Waals surface area contributed by atoms with Gasteiger partial charge in [-0.05, 0) is 53.1 Å². The molecule has 1 aromatic rings. The Kier molecular flexibility index (Phi) is 6.22. The van der Waals surface area contributed by atoms with Crippen molar-refractivity contribution in [1.82, 2.24) is 4.98 Å². The van der Waals surface area contributed by atoms with E-state index in [0.717, 1.165) is 23.4 Å². The fraction of sp³-hybridized carbons (Fsp3) is 0.667. The van der Waals surface area contributed by atoms with Gasteiger partial charge in [-0.2, -0.15) is 0 Å². The molecule has 0 N–H and O–H groups in total. The molecule has 3 nitrogen and oxygen atoms in total. The van der Waals surface area contributed by atoms with Crippen molar-refractivity contribution >= 4 is 24.2 Å². The minimum atomic E-state index is -1.65. The Hall–Kier alpha value is -0.393. The molecule has 1 rings (SSSR count). The highest BCUT2D eigenvalue weighted by Gasteiger charge is 2.36. The van der Waals surface area contributed by atoms with Gasteiger partial charge >= 0.3 is 0 Å². The monoisotopic (exact) mass is 359 g/mol. The number of pyridine rings is 1. The molecular weight excluding hydrogens is 334 g/mol. The normalized spacial score (nSPS) is 14.2. The van der Waals surface area contributed by atoms with Crippen molar-refractivity contribution < 1.29 is 9.16 Å². The van der Waals surface area contributed by atoms with Crippen LogP contribution < -0.4 is 4.74 Å². The summed E-state index contributed by atoms with van der Waals surface area (Å²) in [5, 5.41) is 0.253. The van der Waals surface area contributed by atoms with E-state index in [1.54, 1.807) is 6.20 Å². The van der Waals surface area contributed by atoms with Crippen LogP contribution in [0.25, 0.3) is 0 Å². The summed E-state index contributed by atoms with van der Waals surface area (Å²) in [6.07, 6.45) is 2.73. The average molecular weight is 360 g/mol. The van der Waals surface area contributed by atoms with Crippen molar-refractivity contribution in [2.24, 2.45) is 0 Å². The molecular formula is C15H26BrNO2Si. The number of rotatable bonds is 6. The highest BCUT2D eigenvalue weighted by atomic mass is 79.9. The van der Waals surface area contributed by atoms with Crippen LogP contribution in [0, 0.1) is 0 Å². The number of hydrogen-bond acceptors (Lipinski definition) is 3. The second kappa shape index (κ2) is 7.05. The first kappa shape index (κ1) is 17.7. The second-order valence-electron chi connectivity index (χ2n) is 6.62. The lowest BCUT2D eigenvalue weighted by Crippen LogP contribution is -2.41. The van der Waals surface area contributed by atoms with E-state index in [2.05, 4.69) is 61.7 Å². The Morgan fingerprint density at radius 2 is 2.00 bits per heavy atom. The highest BCUT2D eigenvalue weighted by Crippen LogP contribution is 2.36. The zero-order valence-electron chi connectivity index (χ0n) is 13.4. The maximum atomic E-state index is 6.16. The summed E-state index contributed by atoms with van der Waals surface area (Å²) < 4.78 is 12.8. The zero-order chi connectivity index (χ0) is 15.4. The van der Waals surface area contributed by atoms with E-state index in [4.69, 9.17) is 9.16 Å². The molecule has 0 radical (unpaired) electrons. The van der Waals surface area contributed by atoms with Crippen LogP contribution in [0.2, 0.25) is 18.1 Å². The van der Waals surface area contributed by atoms with Crippen molar-refractivity contribution in [1.29, 1.82) is 0 Å². The molecule has 0 amide bonds. The first-order chi connectivity index (χ1) is 9.13. The van der Waals surface area contributed by atoms with E-state index in [1.807, 2.05) is 12.1 Å². The predicted molar refractivity (Wildman–Crippen MR) is 89.8 cm³/mol. The third-order valence-corrected chi connectivity index (χ3v) is 8.98. The molecule has 0 aliphatic carbocycles. The van der Waals surface area contributed by atoms with Gasteiger partial charge in [0.05, 0.1) is 6.10 Å². The molecule has 114 valence electrons. The van der Waals surface area contributed by atoms with Gasteiger partial charge in [0.25, 0.3) is 0 Å². The summed E-state index contributed by atoms with van der Waals surface area (Å²) in [5.74, 6) is 0.785. The van der Waals surface area contributed by atoms with Crippen LogP contribution in [0.5, 0.6) is 5.75 Å². The van der Waals surface area contributed by atoms with Crippen LogP contribution in [0.3, 0.4) is 0 Å². The molecule has 5 heteroatoms. The lowest BCUT2D eigenvalue weighted by atomic mass is 10.2. The van der Waals surface area contributed by atoms with Crippen molar-refractivity contribution in [3.05, 3.63) is 22.9 Å². The molecule has 0 aliphatic rings. The van der Waals surface area contributed by atoms with Crippen LogP contribution in [-0.4, -0.2) is 26.0 Å². The molecule has 1 unspecified atom stereocenters. The van der Waals surface area contributed by atoms with E-state index < -0.39 is 8.32 Å². The molecule has 0 spiro atoms. The Bertz CT molecular complexity index is 432. The van der Waals surface area contributed by atoms with Gasteiger partial charge in [0.1, 0.15) is 4.60 Å². The van der Waals surface area contributed by atoms with Gasteiger partial charge in [-0.25, -0.2) is 4.98 Å². The largest absolute Gasteiger partial charge is 0.488 e. The topological polar surface area (TPSA) is 31.4 Å². The zero-order valence-corrected chi connectivity index (χ0v) is 16.0. The molecule has 0 bridgehead atoms. The Morgan fingerprint density at radius 3 is 2.55 bits per heavy atom. The summed E-state index contributed by atoms with van der Waals surface area (Å²) in [6.45, 7) is 14.1. The van der Waals surface area contributed by atoms with Gasteiger partial charge < -0.3 is 9.16 Å². The predicted octanol–water partition coefficient (Wildman–Crippen LogP) is 5.02. The van der Waals surface area contributed by atoms with E-state index in [1.165, 1.54) is 0 Å². The summed E-state index contributed by atoms with van der Waals surface area (Å²) in [6, 6.07) is 3.79. The van der Waals surface area contributed by atoms with E-state index in [0.29, 0.717) is 0 Å². The van der Waals surface area contributed by atoms with Crippen molar-refractivity contribution in [3.8, 4) is 5.75 Å². The average Bonchev–Trinajstić information content (AvgIpc) is 2.30. The molecule has 0 fully saturated rings. The van der Waals surface area contributed by atoms with Crippen LogP contribution in [0.1, 0.15) is 34.1 Å². The molecule has 0 aliphatic heterocycles. The molecule has 1 heterocycles. The van der Waals surface area contributed by atoms with Crippen LogP contribution >= 0.6 is 15.9 Å². The number of halogens is 1. The minimum absolute atomic E-state index is 0.111. The lowest BCUT2D eigenvalue weighted by molar-refractivity contribution is 0.169. The fourth-order valence-electron chi connectivity index (χ4n) is 1.43. The molecule has 1 aromatic heterocycles. The third kappa shape index (κ3) is 5.18. The van der Waals surface area contributed by atoms with E-state index in [-0.39, 0.29) is 11.1 Å². The number of ether oxygens (including phenoxy) is 1. The van der Waals surface area contributed by atoms with Crippen LogP contribution in [0.4, 0.5) is 0 Å². The quantitative estimate of drug-likeness (QED) is 0.527. The van der Waals surface area contributed by atoms with Gasteiger partial charge in [0, 0.05) is 19.2 Å². The lowest BCUT2D eigenvalue weighted by Gasteiger charge is -2.36. The van der Waals surface area contributed by atoms with Gasteiger partial charge in [-0.3, -0.25) is 0 Å². The molecule has 20 heavy (non-hydrogen) atoms. The smallest absolute Gasteiger partial charge is 0.191 e. The molecule has 0 saturated carbocycles. The summed E-state index contributed by atoms with van der Waals surface area (Å²) >= 11 is 3.39. The summed E-state index contributed by atoms with van der Waals surface area (Å²) in [4.78, 5) is 4.15. The van der Waals surface area contributed by atoms with Gasteiger partial charge in [-0.1, -0.05) is 20.8 Å². The maximum Gasteiger partial charge on any atom is 0.191 e. The molecule has 0 saturated heterocycles. The van der Waals surface area contributed by atoms with E-state index >= 15 is 0 Å². The van der Waals surface area contributed by atoms with E-state index in [9.17, 15) is 0 Å². The minimum Gasteiger partial charge on any atom is -0.488 e. The second-order valence-corrected chi connectivity index (χ2v) is 12.2. The van der Waals surface area contributed by atoms with Gasteiger partial charge in [0.2, 0.25) is 0 Å². The van der Waals surface area contributed by atoms with Gasteiger partial charge in [-0.15, -0.1) is 0 Å². The first-order valence-electron chi connectivity index (χ1n) is 7.04. The Balaban J connectivity index is 2.42. The number of nitrogens with zero attached hydrogens (tertiary/aromatic N) is 1. The van der Waals surface area contributed by atoms with Crippen molar-refractivity contribution in [2.75, 3.05) is 6.61 Å². The first-order valence-corrected chi connectivity index (χ1v) is 10.7. The summed E-state index contributed by atoms with van der Waals surface area (Å²) in [5.41, 5.74) is 0. The summed E-state index contributed by atoms with van der Waals surface area (Å²) in [7, 11) is -1.65. The van der Waals surface area contributed by atoms with Crippen molar-refractivity contribution in [2.45, 2.75) is 58.4 Å². The Morgan fingerprint density at radius 1 is 1.35 bits per heavy atom. The molecule has 0 aromatic carbocycles. The van der Waals surface area contributed by atoms with Gasteiger partial charge in [0.15, 0.2) is 14.1 Å². The number of aromatic nitrogens is 1. The third-order valence-electron chi connectivity index (χ3n) is 3.85. The van der Waals surface area contributed by atoms with Crippen LogP contribution in [-0.2, 0) is 4.43 Å². The fourth-order valence-corrected chi connectivity index (χ4v) is 2.84. The standard InChI is InChI=1S/C15H26BrNO2Si/c1-12(19-13-8-7-10-17-14(13)16)9-11-18-20(5,6)15(2,3)4/h7-8,10,12H,9,11H2,1-6H3. The highest BCUT2D eigenvalue weighted by molar-refractivity contribution is 9.10. The number of hydrogen-bond donors (Lipinski definition) is 0. The SMILES string of the molecule is CC(CCO[Si](C)(C)C(C)(C)C)Oc1cccnc1Br. The van der Waals surface area contributed by atoms with Crippen molar-refractivity contribution in [3.63, 3.8) is 0 Å².